The van der Waals surface area contributed by atoms with E-state index in [0.717, 1.165) is 5.82 Å². The molecule has 0 aromatic carbocycles. The Kier molecular flexibility index (Phi) is 5.29. The van der Waals surface area contributed by atoms with E-state index in [9.17, 15) is 9.59 Å². The van der Waals surface area contributed by atoms with Gasteiger partial charge in [-0.2, -0.15) is 0 Å². The lowest BCUT2D eigenvalue weighted by atomic mass is 10.1. The molecule has 0 aliphatic rings. The van der Waals surface area contributed by atoms with Crippen molar-refractivity contribution in [1.82, 2.24) is 10.3 Å². The standard InChI is InChI=1S/C13H19N3O3/c1-9(13(18)19)6-7-14-12(17)10-4-5-11(15-8-10)16(2)3/h4-5,8-9H,6-7H2,1-3H3,(H,14,17)(H,18,19). The maximum absolute atomic E-state index is 11.8. The number of anilines is 1. The van der Waals surface area contributed by atoms with Crippen LogP contribution in [-0.4, -0.2) is 42.6 Å². The van der Waals surface area contributed by atoms with Gasteiger partial charge < -0.3 is 15.3 Å². The summed E-state index contributed by atoms with van der Waals surface area (Å²) in [7, 11) is 3.74. The first kappa shape index (κ1) is 14.9. The smallest absolute Gasteiger partial charge is 0.306 e. The maximum atomic E-state index is 11.8. The summed E-state index contributed by atoms with van der Waals surface area (Å²) in [6.45, 7) is 1.95. The lowest BCUT2D eigenvalue weighted by Crippen LogP contribution is -2.27. The Bertz CT molecular complexity index is 443. The second-order valence-corrected chi connectivity index (χ2v) is 4.58. The van der Waals surface area contributed by atoms with Crippen LogP contribution >= 0.6 is 0 Å². The fraction of sp³-hybridized carbons (Fsp3) is 0.462. The number of aromatic nitrogens is 1. The maximum Gasteiger partial charge on any atom is 0.306 e. The van der Waals surface area contributed by atoms with E-state index in [1.807, 2.05) is 19.0 Å². The number of carboxylic acids is 1. The molecule has 19 heavy (non-hydrogen) atoms. The fourth-order valence-electron chi connectivity index (χ4n) is 1.41. The molecular weight excluding hydrogens is 246 g/mol. The first-order chi connectivity index (χ1) is 8.91. The molecule has 2 N–H and O–H groups in total. The van der Waals surface area contributed by atoms with Gasteiger partial charge in [0.15, 0.2) is 0 Å². The summed E-state index contributed by atoms with van der Waals surface area (Å²) in [6.07, 6.45) is 1.91. The summed E-state index contributed by atoms with van der Waals surface area (Å²) in [4.78, 5) is 28.4. The Morgan fingerprint density at radius 3 is 2.58 bits per heavy atom. The van der Waals surface area contributed by atoms with Crippen molar-refractivity contribution >= 4 is 17.7 Å². The van der Waals surface area contributed by atoms with Crippen molar-refractivity contribution < 1.29 is 14.7 Å². The summed E-state index contributed by atoms with van der Waals surface area (Å²) in [5.74, 6) is -0.785. The normalized spacial score (nSPS) is 11.7. The van der Waals surface area contributed by atoms with E-state index in [1.54, 1.807) is 19.1 Å². The predicted octanol–water partition coefficient (Wildman–Crippen LogP) is 0.988. The monoisotopic (exact) mass is 265 g/mol. The first-order valence-electron chi connectivity index (χ1n) is 6.06. The summed E-state index contributed by atoms with van der Waals surface area (Å²) < 4.78 is 0. The highest BCUT2D eigenvalue weighted by atomic mass is 16.4. The summed E-state index contributed by atoms with van der Waals surface area (Å²) >= 11 is 0. The van der Waals surface area contributed by atoms with Gasteiger partial charge in [-0.05, 0) is 18.6 Å². The first-order valence-corrected chi connectivity index (χ1v) is 6.06. The fourth-order valence-corrected chi connectivity index (χ4v) is 1.41. The zero-order valence-electron chi connectivity index (χ0n) is 11.4. The molecule has 1 aromatic rings. The average molecular weight is 265 g/mol. The molecule has 0 aliphatic heterocycles. The molecule has 104 valence electrons. The van der Waals surface area contributed by atoms with Gasteiger partial charge in [0.25, 0.3) is 5.91 Å². The number of aliphatic carboxylic acids is 1. The number of amides is 1. The lowest BCUT2D eigenvalue weighted by molar-refractivity contribution is -0.141. The van der Waals surface area contributed by atoms with Gasteiger partial charge in [0.1, 0.15) is 5.82 Å². The molecule has 0 spiro atoms. The minimum Gasteiger partial charge on any atom is -0.481 e. The van der Waals surface area contributed by atoms with Crippen LogP contribution in [0.25, 0.3) is 0 Å². The van der Waals surface area contributed by atoms with Crippen LogP contribution < -0.4 is 10.2 Å². The number of carboxylic acid groups (broad SMARTS) is 1. The van der Waals surface area contributed by atoms with Crippen LogP contribution in [0.4, 0.5) is 5.82 Å². The van der Waals surface area contributed by atoms with Crippen molar-refractivity contribution in [1.29, 1.82) is 0 Å². The van der Waals surface area contributed by atoms with Gasteiger partial charge in [0.2, 0.25) is 0 Å². The van der Waals surface area contributed by atoms with E-state index < -0.39 is 11.9 Å². The van der Waals surface area contributed by atoms with Crippen LogP contribution in [0.3, 0.4) is 0 Å². The van der Waals surface area contributed by atoms with Gasteiger partial charge in [-0.15, -0.1) is 0 Å². The molecule has 6 heteroatoms. The van der Waals surface area contributed by atoms with Crippen LogP contribution in [0.5, 0.6) is 0 Å². The van der Waals surface area contributed by atoms with Gasteiger partial charge in [-0.3, -0.25) is 9.59 Å². The molecule has 6 nitrogen and oxygen atoms in total. The van der Waals surface area contributed by atoms with E-state index in [0.29, 0.717) is 18.5 Å². The van der Waals surface area contributed by atoms with Crippen molar-refractivity contribution in [2.75, 3.05) is 25.5 Å². The molecule has 0 saturated heterocycles. The third-order valence-electron chi connectivity index (χ3n) is 2.75. The topological polar surface area (TPSA) is 82.5 Å². The third-order valence-corrected chi connectivity index (χ3v) is 2.75. The quantitative estimate of drug-likeness (QED) is 0.801. The Morgan fingerprint density at radius 1 is 1.42 bits per heavy atom. The highest BCUT2D eigenvalue weighted by Gasteiger charge is 2.11. The van der Waals surface area contributed by atoms with Crippen molar-refractivity contribution in [3.63, 3.8) is 0 Å². The van der Waals surface area contributed by atoms with Gasteiger partial charge >= 0.3 is 5.97 Å². The molecule has 1 rings (SSSR count). The molecule has 0 fully saturated rings. The van der Waals surface area contributed by atoms with Crippen LogP contribution in [0.1, 0.15) is 23.7 Å². The Morgan fingerprint density at radius 2 is 2.11 bits per heavy atom. The number of hydrogen-bond donors (Lipinski definition) is 2. The van der Waals surface area contributed by atoms with E-state index in [2.05, 4.69) is 10.3 Å². The SMILES string of the molecule is CC(CCNC(=O)c1ccc(N(C)C)nc1)C(=O)O. The van der Waals surface area contributed by atoms with E-state index in [1.165, 1.54) is 6.20 Å². The predicted molar refractivity (Wildman–Crippen MR) is 72.3 cm³/mol. The number of pyridine rings is 1. The molecule has 0 radical (unpaired) electrons. The molecule has 0 bridgehead atoms. The Balaban J connectivity index is 2.47. The molecular formula is C13H19N3O3. The van der Waals surface area contributed by atoms with Crippen LogP contribution in [0, 0.1) is 5.92 Å². The third kappa shape index (κ3) is 4.57. The molecule has 1 heterocycles. The number of hydrogen-bond acceptors (Lipinski definition) is 4. The van der Waals surface area contributed by atoms with Gasteiger partial charge in [-0.1, -0.05) is 6.92 Å². The minimum absolute atomic E-state index is 0.240. The van der Waals surface area contributed by atoms with Crippen LogP contribution in [0.2, 0.25) is 0 Å². The number of carbonyl (C=O) groups excluding carboxylic acids is 1. The second kappa shape index (κ2) is 6.72. The largest absolute Gasteiger partial charge is 0.481 e. The molecule has 1 aromatic heterocycles. The highest BCUT2D eigenvalue weighted by Crippen LogP contribution is 2.08. The Hall–Kier alpha value is -2.11. The minimum atomic E-state index is -0.855. The zero-order valence-corrected chi connectivity index (χ0v) is 11.4. The van der Waals surface area contributed by atoms with Crippen molar-refractivity contribution in [2.45, 2.75) is 13.3 Å². The number of nitrogens with zero attached hydrogens (tertiary/aromatic N) is 2. The number of carbonyl (C=O) groups is 2. The number of rotatable bonds is 6. The van der Waals surface area contributed by atoms with E-state index in [4.69, 9.17) is 5.11 Å². The average Bonchev–Trinajstić information content (AvgIpc) is 2.38. The van der Waals surface area contributed by atoms with Crippen molar-refractivity contribution in [3.05, 3.63) is 23.9 Å². The lowest BCUT2D eigenvalue weighted by Gasteiger charge is -2.11. The van der Waals surface area contributed by atoms with E-state index in [-0.39, 0.29) is 5.91 Å². The van der Waals surface area contributed by atoms with Gasteiger partial charge in [-0.25, -0.2) is 4.98 Å². The summed E-state index contributed by atoms with van der Waals surface area (Å²) in [5.41, 5.74) is 0.466. The molecule has 1 unspecified atom stereocenters. The van der Waals surface area contributed by atoms with Crippen molar-refractivity contribution in [2.24, 2.45) is 5.92 Å². The highest BCUT2D eigenvalue weighted by molar-refractivity contribution is 5.94. The van der Waals surface area contributed by atoms with Gasteiger partial charge in [0.05, 0.1) is 11.5 Å². The summed E-state index contributed by atoms with van der Waals surface area (Å²) in [6, 6.07) is 3.45. The zero-order chi connectivity index (χ0) is 14.4. The van der Waals surface area contributed by atoms with Crippen molar-refractivity contribution in [3.8, 4) is 0 Å². The molecule has 0 saturated carbocycles. The van der Waals surface area contributed by atoms with Crippen LogP contribution in [0.15, 0.2) is 18.3 Å². The second-order valence-electron chi connectivity index (χ2n) is 4.58. The van der Waals surface area contributed by atoms with Gasteiger partial charge in [0, 0.05) is 26.8 Å². The van der Waals surface area contributed by atoms with Crippen LogP contribution in [-0.2, 0) is 4.79 Å². The molecule has 1 atom stereocenters. The van der Waals surface area contributed by atoms with E-state index >= 15 is 0 Å². The molecule has 1 amide bonds. The summed E-state index contributed by atoms with van der Waals surface area (Å²) in [5, 5.41) is 11.4. The number of nitrogens with one attached hydrogen (secondary N) is 1. The Labute approximate surface area is 112 Å². The molecule has 0 aliphatic carbocycles.